The summed E-state index contributed by atoms with van der Waals surface area (Å²) in [6.07, 6.45) is 0.320. The Kier molecular flexibility index (Phi) is 4.75. The highest BCUT2D eigenvalue weighted by Gasteiger charge is 2.25. The van der Waals surface area contributed by atoms with Crippen molar-refractivity contribution in [1.29, 1.82) is 0 Å². The maximum atomic E-state index is 12.8. The lowest BCUT2D eigenvalue weighted by Gasteiger charge is -2.35. The average Bonchev–Trinajstić information content (AvgIpc) is 3.16. The van der Waals surface area contributed by atoms with E-state index in [1.165, 1.54) is 0 Å². The van der Waals surface area contributed by atoms with Crippen LogP contribution in [0.2, 0.25) is 5.02 Å². The molecular formula is C22H21ClN6O. The van der Waals surface area contributed by atoms with Crippen LogP contribution in [0.3, 0.4) is 0 Å². The molecule has 0 N–H and O–H groups in total. The van der Waals surface area contributed by atoms with Gasteiger partial charge < -0.3 is 9.80 Å². The Labute approximate surface area is 178 Å². The lowest BCUT2D eigenvalue weighted by Crippen LogP contribution is -2.50. The van der Waals surface area contributed by atoms with Crippen LogP contribution in [0.15, 0.2) is 48.5 Å². The van der Waals surface area contributed by atoms with E-state index in [1.54, 1.807) is 0 Å². The van der Waals surface area contributed by atoms with Gasteiger partial charge in [-0.3, -0.25) is 4.79 Å². The summed E-state index contributed by atoms with van der Waals surface area (Å²) in [6.45, 7) is 4.53. The molecule has 1 fully saturated rings. The van der Waals surface area contributed by atoms with Gasteiger partial charge in [0.15, 0.2) is 5.65 Å². The van der Waals surface area contributed by atoms with Crippen LogP contribution in [0.1, 0.15) is 11.4 Å². The molecule has 4 aromatic rings. The van der Waals surface area contributed by atoms with Crippen LogP contribution in [0.5, 0.6) is 0 Å². The van der Waals surface area contributed by atoms with Crippen LogP contribution < -0.4 is 4.90 Å². The molecule has 1 aliphatic heterocycles. The number of halogens is 1. The maximum absolute atomic E-state index is 12.8. The number of piperazine rings is 1. The number of benzene rings is 2. The molecule has 1 saturated heterocycles. The van der Waals surface area contributed by atoms with Crippen LogP contribution in [0, 0.1) is 6.92 Å². The molecule has 3 heterocycles. The summed E-state index contributed by atoms with van der Waals surface area (Å²) in [4.78, 5) is 26.3. The van der Waals surface area contributed by atoms with Crippen molar-refractivity contribution in [3.63, 3.8) is 0 Å². The number of aryl methyl sites for hydroxylation is 1. The van der Waals surface area contributed by atoms with Crippen molar-refractivity contribution in [2.45, 2.75) is 13.3 Å². The first kappa shape index (κ1) is 18.8. The minimum Gasteiger partial charge on any atom is -0.339 e. The fourth-order valence-corrected chi connectivity index (χ4v) is 4.12. The molecule has 0 unspecified atom stereocenters. The number of hydrogen-bond acceptors (Lipinski definition) is 5. The second-order valence-corrected chi connectivity index (χ2v) is 7.87. The second-order valence-electron chi connectivity index (χ2n) is 7.46. The number of carbonyl (C=O) groups excluding carboxylic acids is 1. The maximum Gasteiger partial charge on any atom is 0.229 e. The predicted molar refractivity (Wildman–Crippen MR) is 117 cm³/mol. The normalized spacial score (nSPS) is 14.6. The lowest BCUT2D eigenvalue weighted by molar-refractivity contribution is -0.130. The van der Waals surface area contributed by atoms with Crippen LogP contribution in [-0.4, -0.2) is 56.6 Å². The third kappa shape index (κ3) is 3.35. The van der Waals surface area contributed by atoms with Crippen molar-refractivity contribution in [1.82, 2.24) is 24.5 Å². The minimum atomic E-state index is 0.0935. The molecule has 8 heteroatoms. The lowest BCUT2D eigenvalue weighted by atomic mass is 10.1. The monoisotopic (exact) mass is 420 g/mol. The molecule has 0 spiro atoms. The Morgan fingerprint density at radius 1 is 1.00 bits per heavy atom. The van der Waals surface area contributed by atoms with Crippen molar-refractivity contribution in [3.05, 3.63) is 64.9 Å². The molecule has 0 saturated carbocycles. The van der Waals surface area contributed by atoms with Gasteiger partial charge in [-0.2, -0.15) is 4.52 Å². The Morgan fingerprint density at radius 3 is 2.53 bits per heavy atom. The Hall–Kier alpha value is -3.19. The first-order valence-corrected chi connectivity index (χ1v) is 10.4. The van der Waals surface area contributed by atoms with Gasteiger partial charge in [-0.05, 0) is 30.7 Å². The fraction of sp³-hybridized carbons (Fsp3) is 0.273. The zero-order valence-corrected chi connectivity index (χ0v) is 17.4. The van der Waals surface area contributed by atoms with E-state index in [0.717, 1.165) is 28.1 Å². The summed E-state index contributed by atoms with van der Waals surface area (Å²) < 4.78 is 1.82. The van der Waals surface area contributed by atoms with Crippen LogP contribution >= 0.6 is 11.6 Å². The molecule has 7 nitrogen and oxygen atoms in total. The first-order valence-electron chi connectivity index (χ1n) is 9.98. The number of anilines is 1. The van der Waals surface area contributed by atoms with E-state index < -0.39 is 0 Å². The molecule has 2 aromatic carbocycles. The summed E-state index contributed by atoms with van der Waals surface area (Å²) in [5, 5.41) is 6.18. The van der Waals surface area contributed by atoms with Gasteiger partial charge in [-0.15, -0.1) is 5.10 Å². The van der Waals surface area contributed by atoms with Gasteiger partial charge in [0.2, 0.25) is 11.9 Å². The molecule has 30 heavy (non-hydrogen) atoms. The summed E-state index contributed by atoms with van der Waals surface area (Å²) in [7, 11) is 0. The molecule has 2 aromatic heterocycles. The van der Waals surface area contributed by atoms with E-state index in [-0.39, 0.29) is 5.91 Å². The standard InChI is InChI=1S/C22H21ClN6O/c1-15-24-21-17-7-3-5-9-19(17)25-22(29(21)26-15)28-12-10-27(11-13-28)20(30)14-16-6-2-4-8-18(16)23/h2-9H,10-14H2,1H3. The summed E-state index contributed by atoms with van der Waals surface area (Å²) in [5.74, 6) is 1.57. The predicted octanol–water partition coefficient (Wildman–Crippen LogP) is 3.13. The van der Waals surface area contributed by atoms with E-state index in [4.69, 9.17) is 16.6 Å². The van der Waals surface area contributed by atoms with Gasteiger partial charge in [-0.25, -0.2) is 9.97 Å². The second kappa shape index (κ2) is 7.57. The number of rotatable bonds is 3. The number of nitrogens with zero attached hydrogens (tertiary/aromatic N) is 6. The molecule has 0 atom stereocenters. The number of aromatic nitrogens is 4. The van der Waals surface area contributed by atoms with Crippen molar-refractivity contribution >= 4 is 40.0 Å². The highest BCUT2D eigenvalue weighted by molar-refractivity contribution is 6.31. The number of fused-ring (bicyclic) bond motifs is 3. The molecule has 0 radical (unpaired) electrons. The van der Waals surface area contributed by atoms with Gasteiger partial charge in [0.25, 0.3) is 0 Å². The summed E-state index contributed by atoms with van der Waals surface area (Å²) in [5.41, 5.74) is 2.57. The van der Waals surface area contributed by atoms with Gasteiger partial charge in [0.1, 0.15) is 5.82 Å². The van der Waals surface area contributed by atoms with E-state index in [2.05, 4.69) is 15.0 Å². The quantitative estimate of drug-likeness (QED) is 0.509. The van der Waals surface area contributed by atoms with E-state index >= 15 is 0 Å². The van der Waals surface area contributed by atoms with E-state index in [9.17, 15) is 4.79 Å². The van der Waals surface area contributed by atoms with E-state index in [0.29, 0.717) is 43.4 Å². The fourth-order valence-electron chi connectivity index (χ4n) is 3.92. The summed E-state index contributed by atoms with van der Waals surface area (Å²) in [6, 6.07) is 15.5. The van der Waals surface area contributed by atoms with Crippen LogP contribution in [0.4, 0.5) is 5.95 Å². The zero-order chi connectivity index (χ0) is 20.7. The number of hydrogen-bond donors (Lipinski definition) is 0. The average molecular weight is 421 g/mol. The molecule has 0 aliphatic carbocycles. The Morgan fingerprint density at radius 2 is 1.73 bits per heavy atom. The van der Waals surface area contributed by atoms with Crippen molar-refractivity contribution < 1.29 is 4.79 Å². The SMILES string of the molecule is Cc1nc2c3ccccc3nc(N3CCN(C(=O)Cc4ccccc4Cl)CC3)n2n1. The van der Waals surface area contributed by atoms with Crippen LogP contribution in [-0.2, 0) is 11.2 Å². The Bertz CT molecular complexity index is 1250. The van der Waals surface area contributed by atoms with Crippen molar-refractivity contribution in [3.8, 4) is 0 Å². The Balaban J connectivity index is 1.37. The van der Waals surface area contributed by atoms with Gasteiger partial charge >= 0.3 is 0 Å². The van der Waals surface area contributed by atoms with Gasteiger partial charge in [0.05, 0.1) is 11.9 Å². The minimum absolute atomic E-state index is 0.0935. The van der Waals surface area contributed by atoms with Crippen molar-refractivity contribution in [2.75, 3.05) is 31.1 Å². The number of carbonyl (C=O) groups is 1. The van der Waals surface area contributed by atoms with Gasteiger partial charge in [-0.1, -0.05) is 41.9 Å². The molecule has 1 aliphatic rings. The first-order chi connectivity index (χ1) is 14.6. The smallest absolute Gasteiger partial charge is 0.229 e. The van der Waals surface area contributed by atoms with E-state index in [1.807, 2.05) is 64.9 Å². The number of para-hydroxylation sites is 1. The molecule has 0 bridgehead atoms. The highest BCUT2D eigenvalue weighted by atomic mass is 35.5. The third-order valence-electron chi connectivity index (χ3n) is 5.48. The molecular weight excluding hydrogens is 400 g/mol. The van der Waals surface area contributed by atoms with Crippen molar-refractivity contribution in [2.24, 2.45) is 0 Å². The van der Waals surface area contributed by atoms with Gasteiger partial charge in [0, 0.05) is 36.6 Å². The topological polar surface area (TPSA) is 66.6 Å². The molecule has 5 rings (SSSR count). The molecule has 152 valence electrons. The van der Waals surface area contributed by atoms with Crippen LogP contribution in [0.25, 0.3) is 16.6 Å². The zero-order valence-electron chi connectivity index (χ0n) is 16.6. The molecule has 1 amide bonds. The number of amides is 1. The highest BCUT2D eigenvalue weighted by Crippen LogP contribution is 2.24. The summed E-state index contributed by atoms with van der Waals surface area (Å²) >= 11 is 6.21. The third-order valence-corrected chi connectivity index (χ3v) is 5.85. The largest absolute Gasteiger partial charge is 0.339 e.